The van der Waals surface area contributed by atoms with Crippen molar-refractivity contribution in [3.8, 4) is 5.69 Å². The van der Waals surface area contributed by atoms with Crippen molar-refractivity contribution in [1.82, 2.24) is 15.1 Å². The Morgan fingerprint density at radius 1 is 1.28 bits per heavy atom. The molecule has 1 amide bonds. The van der Waals surface area contributed by atoms with Crippen molar-refractivity contribution in [2.24, 2.45) is 0 Å². The van der Waals surface area contributed by atoms with Crippen molar-refractivity contribution in [3.05, 3.63) is 46.2 Å². The van der Waals surface area contributed by atoms with E-state index in [1.807, 2.05) is 13.8 Å². The van der Waals surface area contributed by atoms with E-state index in [0.29, 0.717) is 17.1 Å². The lowest BCUT2D eigenvalue weighted by molar-refractivity contribution is -0.125. The van der Waals surface area contributed by atoms with E-state index in [1.165, 1.54) is 0 Å². The minimum absolute atomic E-state index is 0.0381. The molecule has 1 fully saturated rings. The van der Waals surface area contributed by atoms with Gasteiger partial charge in [0.1, 0.15) is 0 Å². The van der Waals surface area contributed by atoms with Gasteiger partial charge in [-0.2, -0.15) is 5.10 Å². The van der Waals surface area contributed by atoms with Gasteiger partial charge in [0.15, 0.2) is 16.4 Å². The molecule has 0 aliphatic carbocycles. The average molecular weight is 440 g/mol. The number of carbonyl (C=O) groups is 2. The van der Waals surface area contributed by atoms with E-state index in [9.17, 15) is 18.0 Å². The fourth-order valence-corrected chi connectivity index (χ4v) is 5.52. The summed E-state index contributed by atoms with van der Waals surface area (Å²) in [6, 6.07) is 6.56. The van der Waals surface area contributed by atoms with Crippen LogP contribution in [-0.2, 0) is 19.4 Å². The standard InChI is InChI=1S/C19H22ClN3O5S/c1-12-17(20)13(2)23(22-12)15-6-4-14(5-7-15)18(25)28-10-16(24)21-19(3)8-9-29(26,27)11-19/h4-7H,8-11H2,1-3H3,(H,21,24). The summed E-state index contributed by atoms with van der Waals surface area (Å²) >= 11 is 6.16. The Hall–Kier alpha value is -2.39. The van der Waals surface area contributed by atoms with Crippen LogP contribution in [0, 0.1) is 13.8 Å². The van der Waals surface area contributed by atoms with Gasteiger partial charge in [-0.15, -0.1) is 0 Å². The van der Waals surface area contributed by atoms with Crippen LogP contribution in [0.25, 0.3) is 5.69 Å². The lowest BCUT2D eigenvalue weighted by Crippen LogP contribution is -2.48. The fourth-order valence-electron chi connectivity index (χ4n) is 3.31. The van der Waals surface area contributed by atoms with Gasteiger partial charge in [0.25, 0.3) is 5.91 Å². The zero-order chi connectivity index (χ0) is 21.4. The smallest absolute Gasteiger partial charge is 0.338 e. The molecule has 3 rings (SSSR count). The highest BCUT2D eigenvalue weighted by Gasteiger charge is 2.39. The van der Waals surface area contributed by atoms with Crippen LogP contribution in [0.2, 0.25) is 5.02 Å². The van der Waals surface area contributed by atoms with Gasteiger partial charge in [-0.1, -0.05) is 11.6 Å². The van der Waals surface area contributed by atoms with Crippen LogP contribution in [0.3, 0.4) is 0 Å². The first-order valence-corrected chi connectivity index (χ1v) is 11.2. The fraction of sp³-hybridized carbons (Fsp3) is 0.421. The third-order valence-electron chi connectivity index (χ3n) is 4.83. The van der Waals surface area contributed by atoms with Crippen LogP contribution < -0.4 is 5.32 Å². The number of nitrogens with one attached hydrogen (secondary N) is 1. The molecule has 0 saturated carbocycles. The Morgan fingerprint density at radius 3 is 2.45 bits per heavy atom. The van der Waals surface area contributed by atoms with Gasteiger partial charge < -0.3 is 10.1 Å². The minimum Gasteiger partial charge on any atom is -0.452 e. The number of benzene rings is 1. The van der Waals surface area contributed by atoms with Gasteiger partial charge in [-0.05, 0) is 51.5 Å². The zero-order valence-corrected chi connectivity index (χ0v) is 17.9. The Kier molecular flexibility index (Phi) is 5.73. The van der Waals surface area contributed by atoms with Gasteiger partial charge >= 0.3 is 5.97 Å². The first-order chi connectivity index (χ1) is 13.5. The van der Waals surface area contributed by atoms with Crippen molar-refractivity contribution in [2.45, 2.75) is 32.7 Å². The number of hydrogen-bond acceptors (Lipinski definition) is 6. The maximum absolute atomic E-state index is 12.2. The summed E-state index contributed by atoms with van der Waals surface area (Å²) in [7, 11) is -3.14. The molecule has 1 aromatic carbocycles. The van der Waals surface area contributed by atoms with Crippen molar-refractivity contribution in [3.63, 3.8) is 0 Å². The monoisotopic (exact) mass is 439 g/mol. The normalized spacial score (nSPS) is 20.4. The Bertz CT molecular complexity index is 1060. The van der Waals surface area contributed by atoms with Crippen molar-refractivity contribution in [1.29, 1.82) is 0 Å². The van der Waals surface area contributed by atoms with E-state index < -0.39 is 33.9 Å². The molecule has 2 heterocycles. The highest BCUT2D eigenvalue weighted by atomic mass is 35.5. The Labute approximate surface area is 174 Å². The van der Waals surface area contributed by atoms with Gasteiger partial charge in [-0.25, -0.2) is 17.9 Å². The van der Waals surface area contributed by atoms with Crippen molar-refractivity contribution in [2.75, 3.05) is 18.1 Å². The molecule has 2 aromatic rings. The molecule has 1 unspecified atom stereocenters. The van der Waals surface area contributed by atoms with E-state index >= 15 is 0 Å². The van der Waals surface area contributed by atoms with E-state index in [0.717, 1.165) is 11.4 Å². The number of nitrogens with zero attached hydrogens (tertiary/aromatic N) is 2. The lowest BCUT2D eigenvalue weighted by Gasteiger charge is -2.23. The number of hydrogen-bond donors (Lipinski definition) is 1. The maximum atomic E-state index is 12.2. The summed E-state index contributed by atoms with van der Waals surface area (Å²) in [5.74, 6) is -1.26. The van der Waals surface area contributed by atoms with Crippen LogP contribution in [0.15, 0.2) is 24.3 Å². The van der Waals surface area contributed by atoms with Crippen LogP contribution in [-0.4, -0.2) is 53.7 Å². The summed E-state index contributed by atoms with van der Waals surface area (Å²) in [5.41, 5.74) is 1.69. The van der Waals surface area contributed by atoms with E-state index in [4.69, 9.17) is 16.3 Å². The number of carbonyl (C=O) groups excluding carboxylic acids is 2. The second kappa shape index (κ2) is 7.79. The first-order valence-electron chi connectivity index (χ1n) is 9.00. The minimum atomic E-state index is -3.14. The number of amides is 1. The Balaban J connectivity index is 1.58. The first kappa shape index (κ1) is 21.3. The highest BCUT2D eigenvalue weighted by molar-refractivity contribution is 7.91. The maximum Gasteiger partial charge on any atom is 0.338 e. The number of aryl methyl sites for hydroxylation is 1. The molecule has 1 aromatic heterocycles. The number of halogens is 1. The summed E-state index contributed by atoms with van der Waals surface area (Å²) in [6.45, 7) is 4.84. The van der Waals surface area contributed by atoms with Gasteiger partial charge in [0, 0.05) is 0 Å². The van der Waals surface area contributed by atoms with Gasteiger partial charge in [-0.3, -0.25) is 4.79 Å². The largest absolute Gasteiger partial charge is 0.452 e. The van der Waals surface area contributed by atoms with Crippen molar-refractivity contribution >= 4 is 33.3 Å². The number of esters is 1. The zero-order valence-electron chi connectivity index (χ0n) is 16.4. The third-order valence-corrected chi connectivity index (χ3v) is 7.28. The summed E-state index contributed by atoms with van der Waals surface area (Å²) in [6.07, 6.45) is 0.340. The van der Waals surface area contributed by atoms with Crippen LogP contribution in [0.4, 0.5) is 0 Å². The van der Waals surface area contributed by atoms with E-state index in [1.54, 1.807) is 35.9 Å². The highest BCUT2D eigenvalue weighted by Crippen LogP contribution is 2.23. The molecule has 0 bridgehead atoms. The van der Waals surface area contributed by atoms with Crippen LogP contribution >= 0.6 is 11.6 Å². The van der Waals surface area contributed by atoms with Crippen molar-refractivity contribution < 1.29 is 22.7 Å². The second-order valence-corrected chi connectivity index (χ2v) is 10.0. The van der Waals surface area contributed by atoms with Gasteiger partial charge in [0.05, 0.1) is 44.7 Å². The van der Waals surface area contributed by atoms with Crippen LogP contribution in [0.1, 0.15) is 35.1 Å². The molecule has 0 radical (unpaired) electrons. The third kappa shape index (κ3) is 4.79. The number of rotatable bonds is 5. The predicted octanol–water partition coefficient (Wildman–Crippen LogP) is 1.99. The van der Waals surface area contributed by atoms with Gasteiger partial charge in [0.2, 0.25) is 0 Å². The molecule has 156 valence electrons. The molecule has 8 nitrogen and oxygen atoms in total. The number of sulfone groups is 1. The van der Waals surface area contributed by atoms with Crippen LogP contribution in [0.5, 0.6) is 0 Å². The number of ether oxygens (including phenoxy) is 1. The lowest BCUT2D eigenvalue weighted by atomic mass is 10.0. The summed E-state index contributed by atoms with van der Waals surface area (Å²) in [4.78, 5) is 24.3. The van der Waals surface area contributed by atoms with E-state index in [2.05, 4.69) is 10.4 Å². The quantitative estimate of drug-likeness (QED) is 0.714. The van der Waals surface area contributed by atoms with E-state index in [-0.39, 0.29) is 17.1 Å². The predicted molar refractivity (Wildman–Crippen MR) is 108 cm³/mol. The number of aromatic nitrogens is 2. The molecule has 10 heteroatoms. The molecule has 1 atom stereocenters. The molecule has 1 saturated heterocycles. The molecule has 0 spiro atoms. The SMILES string of the molecule is Cc1nn(-c2ccc(C(=O)OCC(=O)NC3(C)CCS(=O)(=O)C3)cc2)c(C)c1Cl. The summed E-state index contributed by atoms with van der Waals surface area (Å²) in [5, 5.41) is 7.58. The molecular formula is C19H22ClN3O5S. The summed E-state index contributed by atoms with van der Waals surface area (Å²) < 4.78 is 29.9. The molecular weight excluding hydrogens is 418 g/mol. The second-order valence-electron chi connectivity index (χ2n) is 7.47. The average Bonchev–Trinajstić information content (AvgIpc) is 3.08. The molecule has 1 aliphatic rings. The Morgan fingerprint density at radius 2 is 1.93 bits per heavy atom. The topological polar surface area (TPSA) is 107 Å². The molecule has 1 N–H and O–H groups in total. The molecule has 29 heavy (non-hydrogen) atoms. The molecule has 1 aliphatic heterocycles.